The molecule has 1 heterocycles. The van der Waals surface area contributed by atoms with Gasteiger partial charge in [-0.15, -0.1) is 0 Å². The van der Waals surface area contributed by atoms with Gasteiger partial charge in [0.2, 0.25) is 0 Å². The second-order valence-corrected chi connectivity index (χ2v) is 6.12. The second-order valence-electron chi connectivity index (χ2n) is 5.20. The van der Waals surface area contributed by atoms with Gasteiger partial charge < -0.3 is 20.3 Å². The number of morpholine rings is 1. The van der Waals surface area contributed by atoms with E-state index in [0.717, 1.165) is 34.6 Å². The number of anilines is 3. The number of benzene rings is 2. The molecule has 0 bridgehead atoms. The molecule has 0 saturated carbocycles. The lowest BCUT2D eigenvalue weighted by molar-refractivity contribution is 0.123. The SMILES string of the molecule is O=C(Nc1ccc(Br)cc1)Nc1ccccc1N1CCOCC1. The highest BCUT2D eigenvalue weighted by atomic mass is 79.9. The van der Waals surface area contributed by atoms with Crippen molar-refractivity contribution in [3.05, 3.63) is 53.0 Å². The number of halogens is 1. The van der Waals surface area contributed by atoms with Crippen LogP contribution >= 0.6 is 15.9 Å². The minimum Gasteiger partial charge on any atom is -0.378 e. The summed E-state index contributed by atoms with van der Waals surface area (Å²) in [5, 5.41) is 5.76. The highest BCUT2D eigenvalue weighted by Gasteiger charge is 2.15. The molecule has 1 saturated heterocycles. The van der Waals surface area contributed by atoms with E-state index in [1.807, 2.05) is 48.5 Å². The first kappa shape index (κ1) is 15.8. The van der Waals surface area contributed by atoms with Gasteiger partial charge in [0, 0.05) is 23.2 Å². The molecule has 5 nitrogen and oxygen atoms in total. The maximum Gasteiger partial charge on any atom is 0.323 e. The van der Waals surface area contributed by atoms with Crippen LogP contribution in [-0.4, -0.2) is 32.3 Å². The molecule has 0 unspecified atom stereocenters. The lowest BCUT2D eigenvalue weighted by Crippen LogP contribution is -2.36. The molecule has 1 fully saturated rings. The highest BCUT2D eigenvalue weighted by Crippen LogP contribution is 2.26. The van der Waals surface area contributed by atoms with E-state index in [1.165, 1.54) is 0 Å². The van der Waals surface area contributed by atoms with Crippen LogP contribution in [0.15, 0.2) is 53.0 Å². The van der Waals surface area contributed by atoms with Crippen molar-refractivity contribution in [3.63, 3.8) is 0 Å². The third-order valence-corrected chi connectivity index (χ3v) is 4.13. The summed E-state index contributed by atoms with van der Waals surface area (Å²) in [6, 6.07) is 15.0. The smallest absolute Gasteiger partial charge is 0.323 e. The van der Waals surface area contributed by atoms with Gasteiger partial charge in [-0.25, -0.2) is 4.79 Å². The Balaban J connectivity index is 1.69. The third kappa shape index (κ3) is 4.24. The molecule has 3 rings (SSSR count). The van der Waals surface area contributed by atoms with Crippen LogP contribution in [0.3, 0.4) is 0 Å². The Morgan fingerprint density at radius 1 is 1.00 bits per heavy atom. The van der Waals surface area contributed by atoms with E-state index in [9.17, 15) is 4.79 Å². The number of rotatable bonds is 3. The molecule has 1 aliphatic heterocycles. The minimum absolute atomic E-state index is 0.256. The summed E-state index contributed by atoms with van der Waals surface area (Å²) in [5.41, 5.74) is 2.56. The van der Waals surface area contributed by atoms with Crippen LogP contribution in [0.5, 0.6) is 0 Å². The van der Waals surface area contributed by atoms with Crippen molar-refractivity contribution in [2.24, 2.45) is 0 Å². The molecule has 1 aliphatic rings. The first-order valence-electron chi connectivity index (χ1n) is 7.48. The van der Waals surface area contributed by atoms with Crippen molar-refractivity contribution < 1.29 is 9.53 Å². The summed E-state index contributed by atoms with van der Waals surface area (Å²) in [7, 11) is 0. The predicted molar refractivity (Wildman–Crippen MR) is 96.3 cm³/mol. The molecular weight excluding hydrogens is 358 g/mol. The number of nitrogens with zero attached hydrogens (tertiary/aromatic N) is 1. The van der Waals surface area contributed by atoms with Crippen LogP contribution < -0.4 is 15.5 Å². The summed E-state index contributed by atoms with van der Waals surface area (Å²) in [6.45, 7) is 3.07. The molecule has 0 radical (unpaired) electrons. The Hall–Kier alpha value is -2.05. The van der Waals surface area contributed by atoms with E-state index >= 15 is 0 Å². The van der Waals surface area contributed by atoms with Gasteiger partial charge in [-0.2, -0.15) is 0 Å². The number of urea groups is 1. The first-order valence-corrected chi connectivity index (χ1v) is 8.27. The zero-order chi connectivity index (χ0) is 16.1. The molecular formula is C17H18BrN3O2. The summed E-state index contributed by atoms with van der Waals surface area (Å²) in [4.78, 5) is 14.4. The van der Waals surface area contributed by atoms with Crippen LogP contribution in [0.4, 0.5) is 21.9 Å². The average Bonchev–Trinajstić information content (AvgIpc) is 2.58. The Kier molecular flexibility index (Phi) is 5.15. The Morgan fingerprint density at radius 3 is 2.43 bits per heavy atom. The summed E-state index contributed by atoms with van der Waals surface area (Å²) in [6.07, 6.45) is 0. The molecule has 2 N–H and O–H groups in total. The summed E-state index contributed by atoms with van der Waals surface area (Å²) < 4.78 is 6.36. The fraction of sp³-hybridized carbons (Fsp3) is 0.235. The molecule has 6 heteroatoms. The van der Waals surface area contributed by atoms with Gasteiger partial charge in [0.05, 0.1) is 24.6 Å². The topological polar surface area (TPSA) is 53.6 Å². The van der Waals surface area contributed by atoms with Crippen molar-refractivity contribution >= 4 is 39.0 Å². The molecule has 0 aromatic heterocycles. The second kappa shape index (κ2) is 7.48. The van der Waals surface area contributed by atoms with E-state index < -0.39 is 0 Å². The maximum absolute atomic E-state index is 12.2. The standard InChI is InChI=1S/C17H18BrN3O2/c18-13-5-7-14(8-6-13)19-17(22)20-15-3-1-2-4-16(15)21-9-11-23-12-10-21/h1-8H,9-12H2,(H2,19,20,22). The van der Waals surface area contributed by atoms with Crippen LogP contribution in [0.2, 0.25) is 0 Å². The zero-order valence-electron chi connectivity index (χ0n) is 12.6. The third-order valence-electron chi connectivity index (χ3n) is 3.61. The maximum atomic E-state index is 12.2. The number of hydrogen-bond acceptors (Lipinski definition) is 3. The van der Waals surface area contributed by atoms with E-state index in [0.29, 0.717) is 13.2 Å². The molecule has 0 atom stereocenters. The number of ether oxygens (including phenoxy) is 1. The highest BCUT2D eigenvalue weighted by molar-refractivity contribution is 9.10. The van der Waals surface area contributed by atoms with E-state index in [-0.39, 0.29) is 6.03 Å². The Morgan fingerprint density at radius 2 is 1.70 bits per heavy atom. The van der Waals surface area contributed by atoms with Gasteiger partial charge in [-0.1, -0.05) is 28.1 Å². The van der Waals surface area contributed by atoms with Crippen LogP contribution in [-0.2, 0) is 4.74 Å². The van der Waals surface area contributed by atoms with Crippen molar-refractivity contribution in [3.8, 4) is 0 Å². The first-order chi connectivity index (χ1) is 11.2. The number of amides is 2. The molecule has 0 spiro atoms. The predicted octanol–water partition coefficient (Wildman–Crippen LogP) is 3.93. The average molecular weight is 376 g/mol. The largest absolute Gasteiger partial charge is 0.378 e. The summed E-state index contributed by atoms with van der Waals surface area (Å²) in [5.74, 6) is 0. The molecule has 23 heavy (non-hydrogen) atoms. The van der Waals surface area contributed by atoms with Gasteiger partial charge >= 0.3 is 6.03 Å². The quantitative estimate of drug-likeness (QED) is 0.854. The lowest BCUT2D eigenvalue weighted by atomic mass is 10.2. The van der Waals surface area contributed by atoms with Gasteiger partial charge in [0.15, 0.2) is 0 Å². The van der Waals surface area contributed by atoms with E-state index in [4.69, 9.17) is 4.74 Å². The van der Waals surface area contributed by atoms with Gasteiger partial charge in [-0.05, 0) is 36.4 Å². The monoisotopic (exact) mass is 375 g/mol. The van der Waals surface area contributed by atoms with Gasteiger partial charge in [-0.3, -0.25) is 0 Å². The molecule has 2 amide bonds. The minimum atomic E-state index is -0.256. The Labute approximate surface area is 143 Å². The lowest BCUT2D eigenvalue weighted by Gasteiger charge is -2.30. The van der Waals surface area contributed by atoms with Crippen molar-refractivity contribution in [1.82, 2.24) is 0 Å². The van der Waals surface area contributed by atoms with E-state index in [1.54, 1.807) is 0 Å². The molecule has 0 aliphatic carbocycles. The molecule has 2 aromatic carbocycles. The molecule has 2 aromatic rings. The normalized spacial score (nSPS) is 14.4. The van der Waals surface area contributed by atoms with Crippen LogP contribution in [0.25, 0.3) is 0 Å². The zero-order valence-corrected chi connectivity index (χ0v) is 14.2. The fourth-order valence-corrected chi connectivity index (χ4v) is 2.74. The van der Waals surface area contributed by atoms with Gasteiger partial charge in [0.1, 0.15) is 0 Å². The molecule has 120 valence electrons. The Bertz CT molecular complexity index is 670. The van der Waals surface area contributed by atoms with Gasteiger partial charge in [0.25, 0.3) is 0 Å². The van der Waals surface area contributed by atoms with Crippen molar-refractivity contribution in [2.45, 2.75) is 0 Å². The van der Waals surface area contributed by atoms with Crippen molar-refractivity contribution in [2.75, 3.05) is 41.8 Å². The van der Waals surface area contributed by atoms with Crippen LogP contribution in [0, 0.1) is 0 Å². The number of hydrogen-bond donors (Lipinski definition) is 2. The number of nitrogens with one attached hydrogen (secondary N) is 2. The van der Waals surface area contributed by atoms with Crippen molar-refractivity contribution in [1.29, 1.82) is 0 Å². The number of carbonyl (C=O) groups excluding carboxylic acids is 1. The number of para-hydroxylation sites is 2. The van der Waals surface area contributed by atoms with Crippen LogP contribution in [0.1, 0.15) is 0 Å². The van der Waals surface area contributed by atoms with E-state index in [2.05, 4.69) is 31.5 Å². The number of carbonyl (C=O) groups is 1. The summed E-state index contributed by atoms with van der Waals surface area (Å²) >= 11 is 3.37. The fourth-order valence-electron chi connectivity index (χ4n) is 2.48.